The molecule has 0 aromatic carbocycles. The minimum atomic E-state index is -0.283. The van der Waals surface area contributed by atoms with Crippen LogP contribution in [0, 0.1) is 5.92 Å². The van der Waals surface area contributed by atoms with Crippen LogP contribution in [0.15, 0.2) is 0 Å². The van der Waals surface area contributed by atoms with Crippen molar-refractivity contribution in [2.75, 3.05) is 13.1 Å². The van der Waals surface area contributed by atoms with Gasteiger partial charge in [0.15, 0.2) is 0 Å². The van der Waals surface area contributed by atoms with Gasteiger partial charge in [-0.2, -0.15) is 0 Å². The van der Waals surface area contributed by atoms with Gasteiger partial charge in [-0.05, 0) is 20.3 Å². The number of ether oxygens (including phenoxy) is 1. The van der Waals surface area contributed by atoms with Gasteiger partial charge in [0.2, 0.25) is 0 Å². The number of hydrogen-bond donors (Lipinski definition) is 1. The summed E-state index contributed by atoms with van der Waals surface area (Å²) in [4.78, 5) is 11.9. The highest BCUT2D eigenvalue weighted by molar-refractivity contribution is 5.69. The van der Waals surface area contributed by atoms with E-state index in [-0.39, 0.29) is 11.6 Å². The van der Waals surface area contributed by atoms with Crippen LogP contribution in [0.1, 0.15) is 72.1 Å². The average Bonchev–Trinajstić information content (AvgIpc) is 2.39. The molecule has 1 saturated heterocycles. The number of esters is 1. The molecule has 1 aliphatic rings. The number of rotatable bonds is 8. The molecule has 0 aliphatic carbocycles. The summed E-state index contributed by atoms with van der Waals surface area (Å²) in [7, 11) is 0. The Bertz CT molecular complexity index is 257. The zero-order chi connectivity index (χ0) is 14.1. The lowest BCUT2D eigenvalue weighted by atomic mass is 9.83. The zero-order valence-electron chi connectivity index (χ0n) is 13.0. The number of carbonyl (C=O) groups excluding carboxylic acids is 1. The quantitative estimate of drug-likeness (QED) is 0.544. The van der Waals surface area contributed by atoms with Crippen molar-refractivity contribution in [3.8, 4) is 0 Å². The first kappa shape index (κ1) is 16.5. The highest BCUT2D eigenvalue weighted by atomic mass is 16.6. The van der Waals surface area contributed by atoms with Crippen LogP contribution < -0.4 is 5.32 Å². The van der Waals surface area contributed by atoms with Crippen LogP contribution in [-0.2, 0) is 9.53 Å². The number of hydrogen-bond acceptors (Lipinski definition) is 2. The number of carbonyl (C=O) groups is 1. The molecule has 112 valence electrons. The molecular weight excluding hydrogens is 238 g/mol. The smallest absolute Gasteiger partial charge is 0.306 e. The molecule has 2 N–H and O–H groups in total. The van der Waals surface area contributed by atoms with Crippen molar-refractivity contribution < 1.29 is 14.8 Å². The van der Waals surface area contributed by atoms with Crippen molar-refractivity contribution in [1.82, 2.24) is 0 Å². The SMILES string of the molecule is CCCCCCCC(=O)OC(C)(C)C1CC[NH2+]CC1. The molecule has 0 bridgehead atoms. The predicted octanol–water partition coefficient (Wildman–Crippen LogP) is 2.64. The second-order valence-corrected chi connectivity index (χ2v) is 6.38. The molecule has 1 fully saturated rings. The summed E-state index contributed by atoms with van der Waals surface area (Å²) in [5.74, 6) is 0.526. The lowest BCUT2D eigenvalue weighted by Crippen LogP contribution is -2.86. The molecule has 0 atom stereocenters. The summed E-state index contributed by atoms with van der Waals surface area (Å²) in [5, 5.41) is 2.35. The van der Waals surface area contributed by atoms with Crippen LogP contribution >= 0.6 is 0 Å². The van der Waals surface area contributed by atoms with Gasteiger partial charge < -0.3 is 10.1 Å². The first-order valence-electron chi connectivity index (χ1n) is 8.09. The summed E-state index contributed by atoms with van der Waals surface area (Å²) in [6, 6.07) is 0. The third kappa shape index (κ3) is 6.42. The number of unbranched alkanes of at least 4 members (excludes halogenated alkanes) is 4. The fraction of sp³-hybridized carbons (Fsp3) is 0.938. The van der Waals surface area contributed by atoms with E-state index in [1.807, 2.05) is 0 Å². The van der Waals surface area contributed by atoms with Crippen molar-refractivity contribution in [2.45, 2.75) is 77.7 Å². The summed E-state index contributed by atoms with van der Waals surface area (Å²) in [6.07, 6.45) is 8.82. The van der Waals surface area contributed by atoms with E-state index in [1.54, 1.807) is 0 Å². The highest BCUT2D eigenvalue weighted by Gasteiger charge is 2.34. The molecule has 19 heavy (non-hydrogen) atoms. The predicted molar refractivity (Wildman–Crippen MR) is 77.9 cm³/mol. The van der Waals surface area contributed by atoms with E-state index in [1.165, 1.54) is 32.4 Å². The van der Waals surface area contributed by atoms with Gasteiger partial charge >= 0.3 is 5.97 Å². The van der Waals surface area contributed by atoms with E-state index in [4.69, 9.17) is 4.74 Å². The van der Waals surface area contributed by atoms with Crippen LogP contribution in [-0.4, -0.2) is 24.7 Å². The molecule has 0 saturated carbocycles. The van der Waals surface area contributed by atoms with E-state index in [0.717, 1.165) is 25.7 Å². The van der Waals surface area contributed by atoms with Crippen molar-refractivity contribution in [3.63, 3.8) is 0 Å². The first-order chi connectivity index (χ1) is 9.06. The molecule has 0 radical (unpaired) electrons. The molecule has 0 aromatic heterocycles. The lowest BCUT2D eigenvalue weighted by Gasteiger charge is -2.35. The maximum atomic E-state index is 11.9. The molecule has 1 heterocycles. The largest absolute Gasteiger partial charge is 0.459 e. The van der Waals surface area contributed by atoms with Gasteiger partial charge in [0.1, 0.15) is 5.60 Å². The van der Waals surface area contributed by atoms with Gasteiger partial charge in [0.05, 0.1) is 13.1 Å². The summed E-state index contributed by atoms with van der Waals surface area (Å²) in [5.41, 5.74) is -0.283. The molecule has 0 unspecified atom stereocenters. The van der Waals surface area contributed by atoms with Crippen LogP contribution in [0.5, 0.6) is 0 Å². The highest BCUT2D eigenvalue weighted by Crippen LogP contribution is 2.28. The number of quaternary nitrogens is 1. The fourth-order valence-electron chi connectivity index (χ4n) is 2.92. The van der Waals surface area contributed by atoms with Gasteiger partial charge in [0, 0.05) is 25.2 Å². The monoisotopic (exact) mass is 270 g/mol. The number of nitrogens with two attached hydrogens (primary N) is 1. The van der Waals surface area contributed by atoms with Crippen LogP contribution in [0.2, 0.25) is 0 Å². The normalized spacial score (nSPS) is 17.4. The second-order valence-electron chi connectivity index (χ2n) is 6.38. The molecule has 3 nitrogen and oxygen atoms in total. The molecule has 0 spiro atoms. The van der Waals surface area contributed by atoms with Gasteiger partial charge in [-0.1, -0.05) is 32.6 Å². The minimum Gasteiger partial charge on any atom is -0.459 e. The molecule has 0 aromatic rings. The molecule has 3 heteroatoms. The van der Waals surface area contributed by atoms with Gasteiger partial charge in [-0.15, -0.1) is 0 Å². The van der Waals surface area contributed by atoms with Gasteiger partial charge in [-0.3, -0.25) is 4.79 Å². The third-order valence-electron chi connectivity index (χ3n) is 4.28. The van der Waals surface area contributed by atoms with E-state index >= 15 is 0 Å². The van der Waals surface area contributed by atoms with Crippen molar-refractivity contribution >= 4 is 5.97 Å². The molecular formula is C16H32NO2+. The molecule has 0 amide bonds. The van der Waals surface area contributed by atoms with E-state index in [2.05, 4.69) is 26.1 Å². The maximum absolute atomic E-state index is 11.9. The topological polar surface area (TPSA) is 42.9 Å². The Hall–Kier alpha value is -0.570. The third-order valence-corrected chi connectivity index (χ3v) is 4.28. The first-order valence-corrected chi connectivity index (χ1v) is 8.09. The number of piperidine rings is 1. The Labute approximate surface area is 118 Å². The standard InChI is InChI=1S/C16H31NO2/c1-4-5-6-7-8-9-15(18)19-16(2,3)14-10-12-17-13-11-14/h14,17H,4-13H2,1-3H3/p+1. The van der Waals surface area contributed by atoms with E-state index < -0.39 is 0 Å². The van der Waals surface area contributed by atoms with Crippen LogP contribution in [0.25, 0.3) is 0 Å². The molecule has 1 rings (SSSR count). The minimum absolute atomic E-state index is 0.00366. The molecule has 1 aliphatic heterocycles. The lowest BCUT2D eigenvalue weighted by molar-refractivity contribution is -0.665. The summed E-state index contributed by atoms with van der Waals surface area (Å²) in [6.45, 7) is 8.71. The van der Waals surface area contributed by atoms with Crippen molar-refractivity contribution in [3.05, 3.63) is 0 Å². The zero-order valence-corrected chi connectivity index (χ0v) is 13.0. The Morgan fingerprint density at radius 2 is 1.79 bits per heavy atom. The fourth-order valence-corrected chi connectivity index (χ4v) is 2.92. The van der Waals surface area contributed by atoms with E-state index in [9.17, 15) is 4.79 Å². The Morgan fingerprint density at radius 3 is 2.42 bits per heavy atom. The van der Waals surface area contributed by atoms with Crippen molar-refractivity contribution in [1.29, 1.82) is 0 Å². The van der Waals surface area contributed by atoms with Gasteiger partial charge in [0.25, 0.3) is 0 Å². The Morgan fingerprint density at radius 1 is 1.16 bits per heavy atom. The van der Waals surface area contributed by atoms with Crippen LogP contribution in [0.4, 0.5) is 0 Å². The van der Waals surface area contributed by atoms with Crippen LogP contribution in [0.3, 0.4) is 0 Å². The maximum Gasteiger partial charge on any atom is 0.306 e. The van der Waals surface area contributed by atoms with Crippen molar-refractivity contribution in [2.24, 2.45) is 5.92 Å². The second kappa shape index (κ2) is 8.57. The van der Waals surface area contributed by atoms with E-state index in [0.29, 0.717) is 12.3 Å². The average molecular weight is 270 g/mol. The summed E-state index contributed by atoms with van der Waals surface area (Å²) < 4.78 is 5.73. The Balaban J connectivity index is 2.21. The Kier molecular flexibility index (Phi) is 7.44. The summed E-state index contributed by atoms with van der Waals surface area (Å²) >= 11 is 0. The van der Waals surface area contributed by atoms with Gasteiger partial charge in [-0.25, -0.2) is 0 Å².